The fourth-order valence-electron chi connectivity index (χ4n) is 14.6. The van der Waals surface area contributed by atoms with E-state index in [1.165, 1.54) is 72.3 Å². The number of benzene rings is 13. The van der Waals surface area contributed by atoms with Crippen molar-refractivity contribution in [3.63, 3.8) is 0 Å². The molecule has 0 fully saturated rings. The molecule has 0 amide bonds. The van der Waals surface area contributed by atoms with E-state index in [2.05, 4.69) is 321 Å². The molecular formula is C101H100BIrN6O2-. The van der Waals surface area contributed by atoms with Gasteiger partial charge in [-0.25, -0.2) is 0 Å². The summed E-state index contributed by atoms with van der Waals surface area (Å²) in [5.41, 5.74) is 27.6. The number of hydrogen-bond donors (Lipinski definition) is 2. The van der Waals surface area contributed by atoms with E-state index in [-0.39, 0.29) is 38.4 Å². The van der Waals surface area contributed by atoms with Crippen LogP contribution in [-0.2, 0) is 30.9 Å². The van der Waals surface area contributed by atoms with Crippen LogP contribution >= 0.6 is 0 Å². The molecule has 15 aromatic rings. The van der Waals surface area contributed by atoms with Gasteiger partial charge in [0.1, 0.15) is 11.6 Å². The predicted molar refractivity (Wildman–Crippen MR) is 463 cm³/mol. The summed E-state index contributed by atoms with van der Waals surface area (Å²) in [7, 11) is -1.48. The topological polar surface area (TPSA) is 102 Å². The van der Waals surface area contributed by atoms with Crippen molar-refractivity contribution in [1.29, 1.82) is 0 Å². The Morgan fingerprint density at radius 1 is 0.324 bits per heavy atom. The maximum Gasteiger partial charge on any atom is 0.488 e. The van der Waals surface area contributed by atoms with Gasteiger partial charge in [-0.2, -0.15) is 5.10 Å². The van der Waals surface area contributed by atoms with Gasteiger partial charge in [0.2, 0.25) is 0 Å². The van der Waals surface area contributed by atoms with E-state index in [9.17, 15) is 10.0 Å². The molecule has 2 heterocycles. The number of unbranched alkanes of at least 4 members (excludes halogenated alkanes) is 2. The van der Waals surface area contributed by atoms with Crippen molar-refractivity contribution in [2.24, 2.45) is 0 Å². The smallest absolute Gasteiger partial charge is 0.423 e. The van der Waals surface area contributed by atoms with E-state index < -0.39 is 7.12 Å². The van der Waals surface area contributed by atoms with Crippen LogP contribution in [0.2, 0.25) is 0 Å². The van der Waals surface area contributed by atoms with Gasteiger partial charge in [0.05, 0.1) is 11.5 Å². The van der Waals surface area contributed by atoms with Crippen LogP contribution in [0.15, 0.2) is 315 Å². The first-order valence-corrected chi connectivity index (χ1v) is 38.3. The normalized spacial score (nSPS) is 11.1. The molecule has 0 aliphatic heterocycles. The third-order valence-corrected chi connectivity index (χ3v) is 20.6. The first kappa shape index (κ1) is 80.8. The number of nitrogens with zero attached hydrogens (tertiary/aromatic N) is 6. The van der Waals surface area contributed by atoms with Gasteiger partial charge in [0, 0.05) is 42.2 Å². The molecule has 0 bridgehead atoms. The van der Waals surface area contributed by atoms with Crippen molar-refractivity contribution in [2.45, 2.75) is 126 Å². The largest absolute Gasteiger partial charge is 0.488 e. The van der Waals surface area contributed by atoms with Crippen molar-refractivity contribution in [3.05, 3.63) is 355 Å². The average Bonchev–Trinajstić information content (AvgIpc) is 1.70. The summed E-state index contributed by atoms with van der Waals surface area (Å²) >= 11 is 0. The van der Waals surface area contributed by atoms with E-state index in [4.69, 9.17) is 20.4 Å². The molecule has 559 valence electrons. The molecule has 8 nitrogen and oxygen atoms in total. The third kappa shape index (κ3) is 19.3. The number of aromatic nitrogens is 6. The SMILES string of the molecule is C.CCCCC(C)(C)c1nnc(-c2[c-]ccc(-c3cc(-c4ccccc4)cc(-c4ccccc4)c3)c2)n1-c1ccc(C)cc1C.CCCCC(C)(C)c1nnc(-c2cccc(-c3cc(-c4ccccc4)cc(-c4ccccc4)c3)c2)n1-c1ccc(C)cc1C.OB(O)c1cc(-c2ccccc2)cc(-c2ccccc2)c1.[Ir]. The Labute approximate surface area is 672 Å². The van der Waals surface area contributed by atoms with Gasteiger partial charge >= 0.3 is 7.12 Å². The minimum Gasteiger partial charge on any atom is -0.423 e. The van der Waals surface area contributed by atoms with Gasteiger partial charge in [-0.05, 0) is 201 Å². The maximum atomic E-state index is 9.52. The molecular weight excluding hydrogens is 1530 g/mol. The molecule has 0 unspecified atom stereocenters. The Morgan fingerprint density at radius 2 is 0.622 bits per heavy atom. The second-order valence-electron chi connectivity index (χ2n) is 30.0. The Bertz CT molecular complexity index is 5090. The van der Waals surface area contributed by atoms with Crippen LogP contribution in [0.1, 0.15) is 121 Å². The minimum absolute atomic E-state index is 0. The standard InChI is InChI=1S/C41H41N3.C41H40N3.C18H15BO2.CH4.Ir/c2*1-6-7-23-41(4,5)40-43-42-39(44(40)38-22-21-29(2)24-30(38)3)34-20-14-19-33(25-34)37-27-35(31-15-10-8-11-16-31)26-36(28-37)32-17-12-9-13-18-32;20-19(21)18-12-16(14-7-3-1-4-8-14)11-17(13-18)15-9-5-2-6-10-15;;/h8-22,24-28H,6-7,23H2,1-5H3;8-19,21-22,24-28H,6-7,23H2,1-5H3;1-13,20-21H;1H4;/q;-1;;;. The summed E-state index contributed by atoms with van der Waals surface area (Å²) in [6.07, 6.45) is 6.70. The van der Waals surface area contributed by atoms with Crippen LogP contribution in [0.25, 0.3) is 123 Å². The zero-order chi connectivity index (χ0) is 76.0. The van der Waals surface area contributed by atoms with Crippen LogP contribution in [0, 0.1) is 33.8 Å². The van der Waals surface area contributed by atoms with Crippen molar-refractivity contribution < 1.29 is 30.2 Å². The van der Waals surface area contributed by atoms with Crippen LogP contribution in [0.5, 0.6) is 0 Å². The first-order valence-electron chi connectivity index (χ1n) is 38.3. The predicted octanol–water partition coefficient (Wildman–Crippen LogP) is 25.2. The fraction of sp³-hybridized carbons (Fsp3) is 0.188. The second kappa shape index (κ2) is 37.0. The van der Waals surface area contributed by atoms with Crippen LogP contribution in [0.4, 0.5) is 0 Å². The molecule has 2 aromatic heterocycles. The minimum atomic E-state index is -1.48. The Hall–Kier alpha value is -11.2. The average molecular weight is 1630 g/mol. The summed E-state index contributed by atoms with van der Waals surface area (Å²) < 4.78 is 4.58. The summed E-state index contributed by atoms with van der Waals surface area (Å²) in [6.45, 7) is 22.3. The molecule has 111 heavy (non-hydrogen) atoms. The van der Waals surface area contributed by atoms with E-state index in [0.717, 1.165) is 123 Å². The van der Waals surface area contributed by atoms with Crippen molar-refractivity contribution in [1.82, 2.24) is 29.5 Å². The fourth-order valence-corrected chi connectivity index (χ4v) is 14.6. The zero-order valence-corrected chi connectivity index (χ0v) is 67.1. The third-order valence-electron chi connectivity index (χ3n) is 20.6. The summed E-state index contributed by atoms with van der Waals surface area (Å²) in [5.74, 6) is 3.70. The van der Waals surface area contributed by atoms with E-state index in [0.29, 0.717) is 5.46 Å². The van der Waals surface area contributed by atoms with Crippen LogP contribution < -0.4 is 5.46 Å². The molecule has 15 rings (SSSR count). The summed E-state index contributed by atoms with van der Waals surface area (Å²) in [4.78, 5) is 0. The van der Waals surface area contributed by atoms with Crippen molar-refractivity contribution >= 4 is 12.6 Å². The monoisotopic (exact) mass is 1630 g/mol. The Kier molecular flexibility index (Phi) is 26.9. The van der Waals surface area contributed by atoms with Gasteiger partial charge in [-0.3, -0.25) is 4.57 Å². The Balaban J connectivity index is 0.000000173. The molecule has 1 radical (unpaired) electrons. The van der Waals surface area contributed by atoms with E-state index in [1.54, 1.807) is 0 Å². The molecule has 13 aromatic carbocycles. The summed E-state index contributed by atoms with van der Waals surface area (Å²) in [6, 6.07) is 114. The summed E-state index contributed by atoms with van der Waals surface area (Å²) in [5, 5.41) is 38.5. The molecule has 10 heteroatoms. The number of hydrogen-bond acceptors (Lipinski definition) is 6. The maximum absolute atomic E-state index is 9.52. The van der Waals surface area contributed by atoms with E-state index >= 15 is 0 Å². The molecule has 0 saturated carbocycles. The van der Waals surface area contributed by atoms with Gasteiger partial charge in [-0.1, -0.05) is 322 Å². The van der Waals surface area contributed by atoms with Crippen LogP contribution in [-0.4, -0.2) is 46.7 Å². The molecule has 2 N–H and O–H groups in total. The van der Waals surface area contributed by atoms with Gasteiger partial charge < -0.3 is 14.6 Å². The second-order valence-corrected chi connectivity index (χ2v) is 30.0. The first-order chi connectivity index (χ1) is 52.9. The molecule has 0 saturated heterocycles. The Morgan fingerprint density at radius 3 is 0.964 bits per heavy atom. The van der Waals surface area contributed by atoms with E-state index in [1.807, 2.05) is 78.9 Å². The molecule has 0 spiro atoms. The van der Waals surface area contributed by atoms with Crippen molar-refractivity contribution in [3.8, 4) is 123 Å². The van der Waals surface area contributed by atoms with Crippen LogP contribution in [0.3, 0.4) is 0 Å². The molecule has 0 atom stereocenters. The van der Waals surface area contributed by atoms with Gasteiger partial charge in [0.15, 0.2) is 5.82 Å². The van der Waals surface area contributed by atoms with Gasteiger partial charge in [-0.15, -0.1) is 50.7 Å². The zero-order valence-electron chi connectivity index (χ0n) is 64.8. The molecule has 0 aliphatic rings. The van der Waals surface area contributed by atoms with Gasteiger partial charge in [0.25, 0.3) is 0 Å². The number of aryl methyl sites for hydroxylation is 4. The number of rotatable bonds is 21. The quantitative estimate of drug-likeness (QED) is 0.0549. The molecule has 0 aliphatic carbocycles. The van der Waals surface area contributed by atoms with Crippen molar-refractivity contribution in [2.75, 3.05) is 0 Å².